The van der Waals surface area contributed by atoms with E-state index in [0.29, 0.717) is 36.0 Å². The van der Waals surface area contributed by atoms with Gasteiger partial charge in [0.25, 0.3) is 11.5 Å². The largest absolute Gasteiger partial charge is 0.332 e. The molecule has 3 aromatic rings. The quantitative estimate of drug-likeness (QED) is 0.711. The fraction of sp³-hybridized carbons (Fsp3) is 0.238. The van der Waals surface area contributed by atoms with Crippen molar-refractivity contribution in [3.05, 3.63) is 75.7 Å². The maximum atomic E-state index is 13.3. The molecular formula is C21H21N5O2. The smallest absolute Gasteiger partial charge is 0.275 e. The van der Waals surface area contributed by atoms with E-state index in [0.717, 1.165) is 5.56 Å². The number of carbonyl (C=O) groups is 1. The summed E-state index contributed by atoms with van der Waals surface area (Å²) in [6, 6.07) is 16.2. The molecule has 0 aliphatic carbocycles. The maximum Gasteiger partial charge on any atom is 0.275 e. The van der Waals surface area contributed by atoms with Crippen LogP contribution in [-0.4, -0.2) is 53.1 Å². The minimum absolute atomic E-state index is 0.225. The average Bonchev–Trinajstić information content (AvgIpc) is 2.71. The molecule has 0 aliphatic rings. The topological polar surface area (TPSA) is 93.1 Å². The molecule has 0 unspecified atom stereocenters. The molecule has 1 N–H and O–H groups in total. The van der Waals surface area contributed by atoms with E-state index in [9.17, 15) is 9.59 Å². The number of hydrogen-bond donors (Lipinski definition) is 1. The summed E-state index contributed by atoms with van der Waals surface area (Å²) in [5.74, 6) is -0.251. The van der Waals surface area contributed by atoms with E-state index in [-0.39, 0.29) is 17.2 Å². The van der Waals surface area contributed by atoms with Gasteiger partial charge in [-0.2, -0.15) is 10.4 Å². The van der Waals surface area contributed by atoms with Gasteiger partial charge in [0.1, 0.15) is 0 Å². The minimum Gasteiger partial charge on any atom is -0.332 e. The van der Waals surface area contributed by atoms with Gasteiger partial charge >= 0.3 is 0 Å². The Bertz CT molecular complexity index is 1080. The van der Waals surface area contributed by atoms with Gasteiger partial charge in [-0.1, -0.05) is 30.3 Å². The first-order valence-electron chi connectivity index (χ1n) is 8.90. The zero-order valence-corrected chi connectivity index (χ0v) is 15.8. The van der Waals surface area contributed by atoms with Crippen LogP contribution in [0.15, 0.2) is 53.3 Å². The van der Waals surface area contributed by atoms with Crippen molar-refractivity contribution in [2.24, 2.45) is 0 Å². The Morgan fingerprint density at radius 1 is 1.07 bits per heavy atom. The number of H-pyrrole nitrogens is 1. The number of amides is 1. The number of rotatable bonds is 6. The zero-order chi connectivity index (χ0) is 20.1. The van der Waals surface area contributed by atoms with Crippen molar-refractivity contribution in [2.45, 2.75) is 6.54 Å². The van der Waals surface area contributed by atoms with Crippen molar-refractivity contribution in [1.82, 2.24) is 20.0 Å². The summed E-state index contributed by atoms with van der Waals surface area (Å²) < 4.78 is 0. The first kappa shape index (κ1) is 19.3. The Kier molecular flexibility index (Phi) is 5.82. The number of aromatic nitrogens is 2. The molecule has 28 heavy (non-hydrogen) atoms. The highest BCUT2D eigenvalue weighted by Crippen LogP contribution is 2.16. The number of carbonyl (C=O) groups excluding carboxylic acids is 1. The Morgan fingerprint density at radius 3 is 2.39 bits per heavy atom. The first-order valence-corrected chi connectivity index (χ1v) is 8.90. The van der Waals surface area contributed by atoms with E-state index < -0.39 is 0 Å². The highest BCUT2D eigenvalue weighted by molar-refractivity contribution is 6.04. The summed E-state index contributed by atoms with van der Waals surface area (Å²) in [4.78, 5) is 29.0. The molecule has 1 amide bonds. The number of fused-ring (bicyclic) bond motifs is 1. The second-order valence-corrected chi connectivity index (χ2v) is 6.79. The van der Waals surface area contributed by atoms with Crippen LogP contribution >= 0.6 is 0 Å². The van der Waals surface area contributed by atoms with E-state index in [1.807, 2.05) is 31.1 Å². The van der Waals surface area contributed by atoms with E-state index >= 15 is 0 Å². The first-order chi connectivity index (χ1) is 13.5. The Balaban J connectivity index is 1.95. The molecule has 0 saturated carbocycles. The van der Waals surface area contributed by atoms with Crippen LogP contribution in [0.1, 0.15) is 21.6 Å². The number of benzene rings is 2. The standard InChI is InChI=1S/C21H21N5O2/c1-25(2)11-12-26(14-16-9-7-15(13-22)8-10-16)21(28)19-17-5-3-4-6-18(17)20(27)24-23-19/h3-10H,11-12,14H2,1-2H3,(H,24,27). The molecule has 7 nitrogen and oxygen atoms in total. The third-order valence-corrected chi connectivity index (χ3v) is 4.46. The van der Waals surface area contributed by atoms with Crippen LogP contribution in [-0.2, 0) is 6.54 Å². The van der Waals surface area contributed by atoms with Crippen molar-refractivity contribution < 1.29 is 4.79 Å². The lowest BCUT2D eigenvalue weighted by Crippen LogP contribution is -2.37. The van der Waals surface area contributed by atoms with Crippen LogP contribution in [0.2, 0.25) is 0 Å². The summed E-state index contributed by atoms with van der Waals surface area (Å²) in [7, 11) is 3.88. The monoisotopic (exact) mass is 375 g/mol. The van der Waals surface area contributed by atoms with Gasteiger partial charge < -0.3 is 9.80 Å². The van der Waals surface area contributed by atoms with Gasteiger partial charge in [-0.15, -0.1) is 0 Å². The predicted octanol–water partition coefficient (Wildman–Crippen LogP) is 2.00. The number of likely N-dealkylation sites (N-methyl/N-ethyl adjacent to an activating group) is 1. The number of nitriles is 1. The summed E-state index contributed by atoms with van der Waals surface area (Å²) in [5, 5.41) is 16.4. The average molecular weight is 375 g/mol. The summed E-state index contributed by atoms with van der Waals surface area (Å²) >= 11 is 0. The summed E-state index contributed by atoms with van der Waals surface area (Å²) in [5.41, 5.74) is 1.39. The van der Waals surface area contributed by atoms with E-state index in [1.54, 1.807) is 41.3 Å². The molecule has 2 aromatic carbocycles. The van der Waals surface area contributed by atoms with Gasteiger partial charge in [0.05, 0.1) is 17.0 Å². The van der Waals surface area contributed by atoms with Gasteiger partial charge in [0.2, 0.25) is 0 Å². The molecule has 0 aliphatic heterocycles. The highest BCUT2D eigenvalue weighted by atomic mass is 16.2. The number of hydrogen-bond acceptors (Lipinski definition) is 5. The normalized spacial score (nSPS) is 10.8. The van der Waals surface area contributed by atoms with Crippen LogP contribution in [0.25, 0.3) is 10.8 Å². The molecular weight excluding hydrogens is 354 g/mol. The van der Waals surface area contributed by atoms with Crippen LogP contribution in [0.4, 0.5) is 0 Å². The second kappa shape index (κ2) is 8.46. The fourth-order valence-corrected chi connectivity index (χ4v) is 2.91. The zero-order valence-electron chi connectivity index (χ0n) is 15.8. The molecule has 0 atom stereocenters. The number of aromatic amines is 1. The highest BCUT2D eigenvalue weighted by Gasteiger charge is 2.21. The molecule has 0 fully saturated rings. The molecule has 0 radical (unpaired) electrons. The molecule has 0 bridgehead atoms. The van der Waals surface area contributed by atoms with E-state index in [1.165, 1.54) is 0 Å². The molecule has 3 rings (SSSR count). The van der Waals surface area contributed by atoms with Gasteiger partial charge in [0, 0.05) is 25.0 Å². The number of nitrogens with zero attached hydrogens (tertiary/aromatic N) is 4. The molecule has 142 valence electrons. The van der Waals surface area contributed by atoms with E-state index in [2.05, 4.69) is 16.3 Å². The van der Waals surface area contributed by atoms with Crippen molar-refractivity contribution in [2.75, 3.05) is 27.2 Å². The molecule has 0 spiro atoms. The third-order valence-electron chi connectivity index (χ3n) is 4.46. The molecule has 1 aromatic heterocycles. The van der Waals surface area contributed by atoms with Crippen LogP contribution < -0.4 is 5.56 Å². The van der Waals surface area contributed by atoms with E-state index in [4.69, 9.17) is 5.26 Å². The number of nitrogens with one attached hydrogen (secondary N) is 1. The van der Waals surface area contributed by atoms with Crippen molar-refractivity contribution in [3.8, 4) is 6.07 Å². The lowest BCUT2D eigenvalue weighted by molar-refractivity contribution is 0.0727. The SMILES string of the molecule is CN(C)CCN(Cc1ccc(C#N)cc1)C(=O)c1n[nH]c(=O)c2ccccc12. The maximum absolute atomic E-state index is 13.3. The summed E-state index contributed by atoms with van der Waals surface area (Å²) in [6.45, 7) is 1.57. The molecule has 0 saturated heterocycles. The lowest BCUT2D eigenvalue weighted by atomic mass is 10.1. The molecule has 7 heteroatoms. The van der Waals surface area contributed by atoms with Crippen molar-refractivity contribution in [1.29, 1.82) is 5.26 Å². The van der Waals surface area contributed by atoms with Crippen LogP contribution in [0, 0.1) is 11.3 Å². The van der Waals surface area contributed by atoms with Gasteiger partial charge in [-0.25, -0.2) is 5.10 Å². The van der Waals surface area contributed by atoms with Gasteiger partial charge in [-0.3, -0.25) is 9.59 Å². The minimum atomic E-state index is -0.320. The predicted molar refractivity (Wildman–Crippen MR) is 107 cm³/mol. The van der Waals surface area contributed by atoms with Crippen LogP contribution in [0.5, 0.6) is 0 Å². The molecule has 1 heterocycles. The Hall–Kier alpha value is -3.50. The van der Waals surface area contributed by atoms with Crippen LogP contribution in [0.3, 0.4) is 0 Å². The second-order valence-electron chi connectivity index (χ2n) is 6.79. The fourth-order valence-electron chi connectivity index (χ4n) is 2.91. The van der Waals surface area contributed by atoms with Crippen molar-refractivity contribution >= 4 is 16.7 Å². The van der Waals surface area contributed by atoms with Crippen molar-refractivity contribution in [3.63, 3.8) is 0 Å². The van der Waals surface area contributed by atoms with Gasteiger partial charge in [0.15, 0.2) is 5.69 Å². The summed E-state index contributed by atoms with van der Waals surface area (Å²) in [6.07, 6.45) is 0. The lowest BCUT2D eigenvalue weighted by Gasteiger charge is -2.24. The Labute approximate surface area is 162 Å². The Morgan fingerprint density at radius 2 is 1.75 bits per heavy atom. The third kappa shape index (κ3) is 4.24. The van der Waals surface area contributed by atoms with Gasteiger partial charge in [-0.05, 0) is 37.9 Å².